The quantitative estimate of drug-likeness (QED) is 0.282. The fraction of sp³-hybridized carbons (Fsp3) is 0.0968. The number of hydrogen-bond acceptors (Lipinski definition) is 4. The molecule has 5 rings (SSSR count). The predicted octanol–water partition coefficient (Wildman–Crippen LogP) is 5.93. The molecule has 4 aromatic rings. The zero-order valence-electron chi connectivity index (χ0n) is 20.8. The Labute approximate surface area is 216 Å². The van der Waals surface area contributed by atoms with Crippen LogP contribution in [-0.4, -0.2) is 30.8 Å². The van der Waals surface area contributed by atoms with E-state index in [2.05, 4.69) is 33.0 Å². The van der Waals surface area contributed by atoms with E-state index in [4.69, 9.17) is 0 Å². The van der Waals surface area contributed by atoms with Gasteiger partial charge in [0.1, 0.15) is 0 Å². The van der Waals surface area contributed by atoms with Gasteiger partial charge in [0.15, 0.2) is 0 Å². The number of carbonyl (C=O) groups is 2. The smallest absolute Gasteiger partial charge is 0.258 e. The van der Waals surface area contributed by atoms with E-state index in [0.717, 1.165) is 23.4 Å². The normalized spacial score (nSPS) is 13.6. The van der Waals surface area contributed by atoms with Crippen LogP contribution >= 0.6 is 0 Å². The molecule has 3 N–H and O–H groups in total. The maximum absolute atomic E-state index is 13.3. The van der Waals surface area contributed by atoms with Gasteiger partial charge in [-0.2, -0.15) is 0 Å². The minimum Gasteiger partial charge on any atom is -0.354 e. The van der Waals surface area contributed by atoms with Gasteiger partial charge in [0.2, 0.25) is 0 Å². The number of carbonyl (C=O) groups excluding carboxylic acids is 2. The zero-order chi connectivity index (χ0) is 25.8. The number of nitrogens with zero attached hydrogens (tertiary/aromatic N) is 1. The number of benzene rings is 4. The Hall–Kier alpha value is -4.68. The van der Waals surface area contributed by atoms with E-state index in [0.29, 0.717) is 28.2 Å². The number of rotatable bonds is 7. The number of nitrogens with one attached hydrogen (secondary N) is 3. The van der Waals surface area contributed by atoms with E-state index in [9.17, 15) is 9.59 Å². The van der Waals surface area contributed by atoms with Gasteiger partial charge in [0.05, 0.1) is 11.3 Å². The molecular weight excluding hydrogens is 460 g/mol. The summed E-state index contributed by atoms with van der Waals surface area (Å²) in [5, 5.41) is 9.33. The van der Waals surface area contributed by atoms with Gasteiger partial charge >= 0.3 is 0 Å². The van der Waals surface area contributed by atoms with Crippen molar-refractivity contribution in [2.75, 3.05) is 30.0 Å². The summed E-state index contributed by atoms with van der Waals surface area (Å²) in [5.74, 6) is -0.453. The molecular formula is C31H28N4O2. The van der Waals surface area contributed by atoms with Crippen LogP contribution in [0.5, 0.6) is 0 Å². The molecule has 2 amide bonds. The largest absolute Gasteiger partial charge is 0.354 e. The fourth-order valence-electron chi connectivity index (χ4n) is 4.37. The highest BCUT2D eigenvalue weighted by atomic mass is 16.2. The third kappa shape index (κ3) is 5.44. The van der Waals surface area contributed by atoms with Crippen molar-refractivity contribution in [3.63, 3.8) is 0 Å². The summed E-state index contributed by atoms with van der Waals surface area (Å²) in [7, 11) is 4.08. The summed E-state index contributed by atoms with van der Waals surface area (Å²) in [4.78, 5) is 28.2. The van der Waals surface area contributed by atoms with E-state index < -0.39 is 0 Å². The van der Waals surface area contributed by atoms with E-state index in [1.165, 1.54) is 5.56 Å². The second-order valence-corrected chi connectivity index (χ2v) is 9.21. The summed E-state index contributed by atoms with van der Waals surface area (Å²) < 4.78 is 0. The van der Waals surface area contributed by atoms with Crippen molar-refractivity contribution in [2.24, 2.45) is 0 Å². The first-order chi connectivity index (χ1) is 18.0. The molecule has 0 radical (unpaired) electrons. The minimum atomic E-state index is -0.236. The molecule has 0 aliphatic carbocycles. The van der Waals surface area contributed by atoms with Crippen molar-refractivity contribution in [3.05, 3.63) is 125 Å². The monoisotopic (exact) mass is 488 g/mol. The molecule has 6 nitrogen and oxygen atoms in total. The molecule has 37 heavy (non-hydrogen) atoms. The third-order valence-electron chi connectivity index (χ3n) is 6.09. The van der Waals surface area contributed by atoms with Crippen LogP contribution in [0.1, 0.15) is 27.0 Å². The van der Waals surface area contributed by atoms with Gasteiger partial charge in [0.25, 0.3) is 11.8 Å². The first-order valence-corrected chi connectivity index (χ1v) is 12.1. The van der Waals surface area contributed by atoms with Crippen molar-refractivity contribution in [1.82, 2.24) is 4.90 Å². The van der Waals surface area contributed by atoms with Crippen LogP contribution in [0, 0.1) is 0 Å². The lowest BCUT2D eigenvalue weighted by Crippen LogP contribution is -2.12. The van der Waals surface area contributed by atoms with Crippen LogP contribution in [0.3, 0.4) is 0 Å². The molecule has 0 bridgehead atoms. The van der Waals surface area contributed by atoms with E-state index >= 15 is 0 Å². The first kappa shape index (κ1) is 24.0. The lowest BCUT2D eigenvalue weighted by atomic mass is 9.98. The summed E-state index contributed by atoms with van der Waals surface area (Å²) in [5.41, 5.74) is 6.76. The molecule has 1 aliphatic rings. The zero-order valence-corrected chi connectivity index (χ0v) is 20.8. The van der Waals surface area contributed by atoms with Gasteiger partial charge in [-0.25, -0.2) is 0 Å². The molecule has 0 fully saturated rings. The Balaban J connectivity index is 1.50. The van der Waals surface area contributed by atoms with Gasteiger partial charge in [-0.15, -0.1) is 0 Å². The summed E-state index contributed by atoms with van der Waals surface area (Å²) >= 11 is 0. The van der Waals surface area contributed by atoms with Crippen molar-refractivity contribution in [1.29, 1.82) is 0 Å². The molecule has 1 aliphatic heterocycles. The summed E-state index contributed by atoms with van der Waals surface area (Å²) in [6.07, 6.45) is 0. The lowest BCUT2D eigenvalue weighted by molar-refractivity contribution is -0.110. The molecule has 4 aromatic carbocycles. The topological polar surface area (TPSA) is 73.5 Å². The van der Waals surface area contributed by atoms with Crippen LogP contribution < -0.4 is 16.0 Å². The van der Waals surface area contributed by atoms with Crippen molar-refractivity contribution >= 4 is 40.1 Å². The van der Waals surface area contributed by atoms with Crippen LogP contribution in [0.2, 0.25) is 0 Å². The van der Waals surface area contributed by atoms with Crippen LogP contribution in [0.15, 0.2) is 103 Å². The van der Waals surface area contributed by atoms with Gasteiger partial charge in [-0.3, -0.25) is 9.59 Å². The average Bonchev–Trinajstić information content (AvgIpc) is 3.23. The second kappa shape index (κ2) is 10.5. The SMILES string of the molecule is CN(C)Cc1ccc(N/C(=C2\C(=O)Nc3cc(C(=O)Nc4ccccc4)ccc32)c2ccccc2)cc1. The number of para-hydroxylation sites is 1. The Morgan fingerprint density at radius 2 is 1.41 bits per heavy atom. The Morgan fingerprint density at radius 3 is 2.08 bits per heavy atom. The van der Waals surface area contributed by atoms with E-state index in [1.54, 1.807) is 12.1 Å². The molecule has 0 unspecified atom stereocenters. The average molecular weight is 489 g/mol. The lowest BCUT2D eigenvalue weighted by Gasteiger charge is -2.16. The second-order valence-electron chi connectivity index (χ2n) is 9.21. The predicted molar refractivity (Wildman–Crippen MR) is 150 cm³/mol. The van der Waals surface area contributed by atoms with Crippen LogP contribution in [0.4, 0.5) is 17.1 Å². The van der Waals surface area contributed by atoms with Crippen molar-refractivity contribution in [2.45, 2.75) is 6.54 Å². The Bertz CT molecular complexity index is 1460. The van der Waals surface area contributed by atoms with Gasteiger partial charge in [0, 0.05) is 34.7 Å². The molecule has 0 spiro atoms. The Morgan fingerprint density at radius 1 is 0.757 bits per heavy atom. The van der Waals surface area contributed by atoms with Gasteiger partial charge in [-0.1, -0.05) is 66.7 Å². The molecule has 1 heterocycles. The first-order valence-electron chi connectivity index (χ1n) is 12.1. The molecule has 0 atom stereocenters. The number of hydrogen-bond donors (Lipinski definition) is 3. The maximum atomic E-state index is 13.3. The van der Waals surface area contributed by atoms with Crippen molar-refractivity contribution in [3.8, 4) is 0 Å². The minimum absolute atomic E-state index is 0.216. The molecule has 0 saturated carbocycles. The highest BCUT2D eigenvalue weighted by molar-refractivity contribution is 6.37. The highest BCUT2D eigenvalue weighted by Crippen LogP contribution is 2.38. The Kier molecular flexibility index (Phi) is 6.83. The summed E-state index contributed by atoms with van der Waals surface area (Å²) in [6.45, 7) is 0.850. The van der Waals surface area contributed by atoms with Crippen molar-refractivity contribution < 1.29 is 9.59 Å². The number of fused-ring (bicyclic) bond motifs is 1. The molecule has 184 valence electrons. The maximum Gasteiger partial charge on any atom is 0.258 e. The van der Waals surface area contributed by atoms with Gasteiger partial charge < -0.3 is 20.9 Å². The van der Waals surface area contributed by atoms with E-state index in [1.807, 2.05) is 93.0 Å². The molecule has 0 saturated heterocycles. The molecule has 6 heteroatoms. The van der Waals surface area contributed by atoms with Crippen LogP contribution in [-0.2, 0) is 11.3 Å². The third-order valence-corrected chi connectivity index (χ3v) is 6.09. The number of amides is 2. The van der Waals surface area contributed by atoms with Gasteiger partial charge in [-0.05, 0) is 61.6 Å². The fourth-order valence-corrected chi connectivity index (χ4v) is 4.37. The summed E-state index contributed by atoms with van der Waals surface area (Å²) in [6, 6.07) is 32.6. The van der Waals surface area contributed by atoms with Crippen LogP contribution in [0.25, 0.3) is 11.3 Å². The highest BCUT2D eigenvalue weighted by Gasteiger charge is 2.29. The van der Waals surface area contributed by atoms with E-state index in [-0.39, 0.29) is 11.8 Å². The number of anilines is 3. The molecule has 0 aromatic heterocycles. The standard InChI is InChI=1S/C31H28N4O2/c1-35(2)20-21-13-16-25(17-14-21)32-29(22-9-5-3-6-10-22)28-26-18-15-23(19-27(26)34-31(28)37)30(36)33-24-11-7-4-8-12-24/h3-19,32H,20H2,1-2H3,(H,33,36)(H,34,37)/b29-28-.